The molecule has 0 atom stereocenters. The molecule has 0 spiro atoms. The van der Waals surface area contributed by atoms with Crippen LogP contribution in [0, 0.1) is 13.8 Å². The Morgan fingerprint density at radius 2 is 1.90 bits per heavy atom. The molecule has 0 aromatic heterocycles. The lowest BCUT2D eigenvalue weighted by atomic mass is 10.1. The van der Waals surface area contributed by atoms with Crippen LogP contribution in [0.4, 0.5) is 14.5 Å². The molecule has 2 aromatic carbocycles. The Morgan fingerprint density at radius 3 is 2.62 bits per heavy atom. The molecule has 2 rings (SSSR count). The van der Waals surface area contributed by atoms with Gasteiger partial charge in [0.1, 0.15) is 5.75 Å². The molecule has 5 heteroatoms. The second-order valence-corrected chi connectivity index (χ2v) is 5.24. The van der Waals surface area contributed by atoms with Gasteiger partial charge < -0.3 is 10.1 Å². The van der Waals surface area contributed by atoms with Gasteiger partial charge in [-0.25, -0.2) is 0 Å². The molecule has 0 aliphatic carbocycles. The summed E-state index contributed by atoms with van der Waals surface area (Å²) in [6, 6.07) is 10.6. The third kappa shape index (κ3) is 4.33. The number of rotatable bonds is 5. The Morgan fingerprint density at radius 1 is 1.14 bits per heavy atom. The van der Waals surface area contributed by atoms with Crippen molar-refractivity contribution in [3.05, 3.63) is 58.1 Å². The predicted molar refractivity (Wildman–Crippen MR) is 81.3 cm³/mol. The van der Waals surface area contributed by atoms with E-state index in [0.717, 1.165) is 16.8 Å². The Labute approximate surface area is 127 Å². The van der Waals surface area contributed by atoms with Gasteiger partial charge in [-0.3, -0.25) is 0 Å². The summed E-state index contributed by atoms with van der Waals surface area (Å²) >= 11 is 5.92. The number of ether oxygens (including phenoxy) is 1. The Balaban J connectivity index is 2.18. The minimum Gasteiger partial charge on any atom is -0.434 e. The van der Waals surface area contributed by atoms with E-state index in [1.165, 1.54) is 12.1 Å². The quantitative estimate of drug-likeness (QED) is 0.822. The van der Waals surface area contributed by atoms with Crippen LogP contribution in [-0.4, -0.2) is 6.61 Å². The van der Waals surface area contributed by atoms with E-state index >= 15 is 0 Å². The summed E-state index contributed by atoms with van der Waals surface area (Å²) in [4.78, 5) is 0. The van der Waals surface area contributed by atoms with E-state index in [-0.39, 0.29) is 5.75 Å². The van der Waals surface area contributed by atoms with E-state index in [1.54, 1.807) is 6.07 Å². The van der Waals surface area contributed by atoms with E-state index in [1.807, 2.05) is 32.0 Å². The molecule has 0 bridgehead atoms. The third-order valence-electron chi connectivity index (χ3n) is 3.10. The van der Waals surface area contributed by atoms with Gasteiger partial charge in [0, 0.05) is 22.8 Å². The summed E-state index contributed by atoms with van der Waals surface area (Å²) in [5.74, 6) is 0.132. The van der Waals surface area contributed by atoms with Crippen molar-refractivity contribution in [3.63, 3.8) is 0 Å². The molecular weight excluding hydrogens is 296 g/mol. The van der Waals surface area contributed by atoms with Gasteiger partial charge in [-0.2, -0.15) is 8.78 Å². The number of alkyl halides is 2. The fraction of sp³-hybridized carbons (Fsp3) is 0.250. The molecular formula is C16H16ClF2NO. The fourth-order valence-electron chi connectivity index (χ4n) is 2.01. The van der Waals surface area contributed by atoms with Gasteiger partial charge in [0.15, 0.2) is 0 Å². The predicted octanol–water partition coefficient (Wildman–Crippen LogP) is 5.17. The van der Waals surface area contributed by atoms with Crippen LogP contribution in [0.1, 0.15) is 16.7 Å². The van der Waals surface area contributed by atoms with Gasteiger partial charge >= 0.3 is 6.61 Å². The maximum atomic E-state index is 12.4. The summed E-state index contributed by atoms with van der Waals surface area (Å²) in [6.07, 6.45) is 0. The van der Waals surface area contributed by atoms with Crippen LogP contribution in [0.15, 0.2) is 36.4 Å². The normalized spacial score (nSPS) is 10.8. The lowest BCUT2D eigenvalue weighted by Gasteiger charge is -2.14. The lowest BCUT2D eigenvalue weighted by Crippen LogP contribution is -2.07. The van der Waals surface area contributed by atoms with Gasteiger partial charge in [-0.15, -0.1) is 0 Å². The molecule has 2 nitrogen and oxygen atoms in total. The summed E-state index contributed by atoms with van der Waals surface area (Å²) in [6.45, 7) is 1.48. The maximum absolute atomic E-state index is 12.4. The molecule has 1 N–H and O–H groups in total. The minimum absolute atomic E-state index is 0.132. The molecule has 0 radical (unpaired) electrons. The highest BCUT2D eigenvalue weighted by atomic mass is 35.5. The van der Waals surface area contributed by atoms with Crippen LogP contribution < -0.4 is 10.1 Å². The number of hydrogen-bond acceptors (Lipinski definition) is 2. The topological polar surface area (TPSA) is 21.3 Å². The molecule has 112 valence electrons. The van der Waals surface area contributed by atoms with Crippen LogP contribution in [0.5, 0.6) is 5.75 Å². The molecule has 0 saturated carbocycles. The number of hydrogen-bond donors (Lipinski definition) is 1. The lowest BCUT2D eigenvalue weighted by molar-refractivity contribution is -0.0504. The van der Waals surface area contributed by atoms with Crippen molar-refractivity contribution in [3.8, 4) is 5.75 Å². The molecule has 0 aliphatic heterocycles. The van der Waals surface area contributed by atoms with Crippen molar-refractivity contribution in [2.24, 2.45) is 0 Å². The highest BCUT2D eigenvalue weighted by Gasteiger charge is 2.10. The average molecular weight is 312 g/mol. The minimum atomic E-state index is -2.86. The van der Waals surface area contributed by atoms with E-state index in [2.05, 4.69) is 10.1 Å². The highest BCUT2D eigenvalue weighted by molar-refractivity contribution is 6.30. The zero-order chi connectivity index (χ0) is 15.4. The van der Waals surface area contributed by atoms with Gasteiger partial charge in [-0.1, -0.05) is 23.7 Å². The van der Waals surface area contributed by atoms with Crippen LogP contribution in [0.2, 0.25) is 5.02 Å². The average Bonchev–Trinajstić information content (AvgIpc) is 2.42. The van der Waals surface area contributed by atoms with Crippen LogP contribution in [-0.2, 0) is 6.54 Å². The first kappa shape index (κ1) is 15.6. The van der Waals surface area contributed by atoms with Gasteiger partial charge in [0.2, 0.25) is 0 Å². The molecule has 0 saturated heterocycles. The van der Waals surface area contributed by atoms with Crippen molar-refractivity contribution in [2.45, 2.75) is 27.0 Å². The molecule has 0 amide bonds. The smallest absolute Gasteiger partial charge is 0.387 e. The van der Waals surface area contributed by atoms with E-state index in [9.17, 15) is 8.78 Å². The summed E-state index contributed by atoms with van der Waals surface area (Å²) in [5, 5.41) is 3.71. The van der Waals surface area contributed by atoms with Crippen molar-refractivity contribution in [2.75, 3.05) is 5.32 Å². The first-order valence-corrected chi connectivity index (χ1v) is 6.88. The van der Waals surface area contributed by atoms with Crippen molar-refractivity contribution in [1.29, 1.82) is 0 Å². The molecule has 0 aliphatic rings. The molecule has 21 heavy (non-hydrogen) atoms. The Bertz CT molecular complexity index is 632. The first-order valence-electron chi connectivity index (χ1n) is 6.50. The number of halogens is 3. The van der Waals surface area contributed by atoms with Gasteiger partial charge in [0.25, 0.3) is 0 Å². The van der Waals surface area contributed by atoms with Crippen LogP contribution >= 0.6 is 11.6 Å². The van der Waals surface area contributed by atoms with Gasteiger partial charge in [0.05, 0.1) is 0 Å². The van der Waals surface area contributed by atoms with Crippen molar-refractivity contribution in [1.82, 2.24) is 0 Å². The maximum Gasteiger partial charge on any atom is 0.387 e. The van der Waals surface area contributed by atoms with E-state index in [0.29, 0.717) is 17.1 Å². The van der Waals surface area contributed by atoms with E-state index in [4.69, 9.17) is 11.6 Å². The summed E-state index contributed by atoms with van der Waals surface area (Å²) in [5.41, 5.74) is 3.75. The number of nitrogens with one attached hydrogen (secondary N) is 1. The third-order valence-corrected chi connectivity index (χ3v) is 3.34. The second kappa shape index (κ2) is 6.76. The van der Waals surface area contributed by atoms with Crippen molar-refractivity contribution >= 4 is 17.3 Å². The monoisotopic (exact) mass is 311 g/mol. The largest absolute Gasteiger partial charge is 0.434 e. The van der Waals surface area contributed by atoms with Crippen LogP contribution in [0.3, 0.4) is 0 Å². The van der Waals surface area contributed by atoms with Gasteiger partial charge in [-0.05, 0) is 49.2 Å². The molecule has 0 heterocycles. The highest BCUT2D eigenvalue weighted by Crippen LogP contribution is 2.26. The van der Waals surface area contributed by atoms with Crippen LogP contribution in [0.25, 0.3) is 0 Å². The van der Waals surface area contributed by atoms with Crippen molar-refractivity contribution < 1.29 is 13.5 Å². The number of anilines is 1. The SMILES string of the molecule is Cc1ccc(C)c(NCc2cc(Cl)ccc2OC(F)F)c1. The summed E-state index contributed by atoms with van der Waals surface area (Å²) < 4.78 is 29.3. The number of benzene rings is 2. The zero-order valence-electron chi connectivity index (χ0n) is 11.8. The standard InChI is InChI=1S/C16H16ClF2NO/c1-10-3-4-11(2)14(7-10)20-9-12-8-13(17)5-6-15(12)21-16(18)19/h3-8,16,20H,9H2,1-2H3. The Kier molecular flexibility index (Phi) is 5.02. The summed E-state index contributed by atoms with van der Waals surface area (Å²) in [7, 11) is 0. The second-order valence-electron chi connectivity index (χ2n) is 4.80. The molecule has 2 aromatic rings. The molecule has 0 unspecified atom stereocenters. The van der Waals surface area contributed by atoms with E-state index < -0.39 is 6.61 Å². The zero-order valence-corrected chi connectivity index (χ0v) is 12.5. The molecule has 0 fully saturated rings. The fourth-order valence-corrected chi connectivity index (χ4v) is 2.21. The number of aryl methyl sites for hydroxylation is 2. The Hall–Kier alpha value is -1.81. The first-order chi connectivity index (χ1) is 9.95.